The highest BCUT2D eigenvalue weighted by atomic mass is 16.7. The third-order valence-electron chi connectivity index (χ3n) is 7.22. The molecule has 0 radical (unpaired) electrons. The monoisotopic (exact) mass is 580 g/mol. The summed E-state index contributed by atoms with van der Waals surface area (Å²) in [5.41, 5.74) is 4.24. The average Bonchev–Trinajstić information content (AvgIpc) is 3.07. The number of rotatable bonds is 16. The molecular weight excluding hydrogens is 540 g/mol. The Labute approximate surface area is 254 Å². The first kappa shape index (κ1) is 30.8. The number of hydrogen-bond donors (Lipinski definition) is 0. The summed E-state index contributed by atoms with van der Waals surface area (Å²) in [4.78, 5) is 0. The second kappa shape index (κ2) is 16.9. The largest absolute Gasteiger partial charge is 0.374 e. The Bertz CT molecular complexity index is 1320. The van der Waals surface area contributed by atoms with E-state index in [-0.39, 0.29) is 0 Å². The molecule has 5 atom stereocenters. The van der Waals surface area contributed by atoms with Crippen LogP contribution in [-0.2, 0) is 54.8 Å². The van der Waals surface area contributed by atoms with Crippen molar-refractivity contribution in [3.8, 4) is 0 Å². The molecule has 0 spiro atoms. The van der Waals surface area contributed by atoms with E-state index in [0.29, 0.717) is 39.6 Å². The van der Waals surface area contributed by atoms with Crippen molar-refractivity contribution in [3.05, 3.63) is 156 Å². The maximum atomic E-state index is 6.68. The van der Waals surface area contributed by atoms with Gasteiger partial charge in [-0.05, 0) is 22.3 Å². The summed E-state index contributed by atoms with van der Waals surface area (Å²) in [6, 6.07) is 40.3. The van der Waals surface area contributed by atoms with Crippen molar-refractivity contribution in [1.29, 1.82) is 0 Å². The zero-order valence-corrected chi connectivity index (χ0v) is 24.4. The Morgan fingerprint density at radius 3 is 1.40 bits per heavy atom. The minimum absolute atomic E-state index is 0.291. The molecule has 224 valence electrons. The molecule has 1 fully saturated rings. The zero-order valence-electron chi connectivity index (χ0n) is 24.4. The van der Waals surface area contributed by atoms with E-state index in [0.717, 1.165) is 22.3 Å². The highest BCUT2D eigenvalue weighted by Crippen LogP contribution is 2.31. The van der Waals surface area contributed by atoms with Crippen molar-refractivity contribution in [2.75, 3.05) is 13.2 Å². The van der Waals surface area contributed by atoms with Crippen LogP contribution in [0.3, 0.4) is 0 Å². The summed E-state index contributed by atoms with van der Waals surface area (Å²) in [5.74, 6) is 0. The molecule has 0 saturated carbocycles. The van der Waals surface area contributed by atoms with Crippen LogP contribution in [0.5, 0.6) is 0 Å². The Kier molecular flexibility index (Phi) is 12.1. The molecule has 4 aromatic rings. The standard InChI is InChI=1S/C37H40O6/c1-2-23-39-37-36(42-27-32-21-13-6-14-22-32)35(41-26-31-19-11-5-12-20-31)34(40-25-30-17-9-4-10-18-30)33(43-37)28-38-24-29-15-7-3-8-16-29/h2-22,33-37H,1,23-28H2/t33?,34-,35?,36?,37-/m1/s1. The highest BCUT2D eigenvalue weighted by molar-refractivity contribution is 5.16. The fraction of sp³-hybridized carbons (Fsp3) is 0.297. The summed E-state index contributed by atoms with van der Waals surface area (Å²) in [6.45, 7) is 6.02. The van der Waals surface area contributed by atoms with Crippen LogP contribution in [0.15, 0.2) is 134 Å². The lowest BCUT2D eigenvalue weighted by atomic mass is 9.97. The summed E-state index contributed by atoms with van der Waals surface area (Å²) in [5, 5.41) is 0. The van der Waals surface area contributed by atoms with Gasteiger partial charge in [-0.3, -0.25) is 0 Å². The van der Waals surface area contributed by atoms with Gasteiger partial charge >= 0.3 is 0 Å². The van der Waals surface area contributed by atoms with Gasteiger partial charge in [0.1, 0.15) is 24.4 Å². The van der Waals surface area contributed by atoms with Crippen molar-refractivity contribution >= 4 is 0 Å². The predicted octanol–water partition coefficient (Wildman–Crippen LogP) is 6.89. The molecule has 0 aliphatic carbocycles. The van der Waals surface area contributed by atoms with Crippen LogP contribution in [0.25, 0.3) is 0 Å². The van der Waals surface area contributed by atoms with Crippen LogP contribution in [0, 0.1) is 0 Å². The molecule has 4 aromatic carbocycles. The van der Waals surface area contributed by atoms with Crippen molar-refractivity contribution in [2.45, 2.75) is 57.1 Å². The fourth-order valence-corrected chi connectivity index (χ4v) is 5.04. The van der Waals surface area contributed by atoms with Crippen molar-refractivity contribution in [1.82, 2.24) is 0 Å². The molecule has 43 heavy (non-hydrogen) atoms. The molecule has 0 aromatic heterocycles. The molecule has 0 amide bonds. The van der Waals surface area contributed by atoms with Crippen LogP contribution in [0.4, 0.5) is 0 Å². The van der Waals surface area contributed by atoms with Gasteiger partial charge in [-0.15, -0.1) is 6.58 Å². The highest BCUT2D eigenvalue weighted by Gasteiger charge is 2.49. The predicted molar refractivity (Wildman–Crippen MR) is 166 cm³/mol. The zero-order chi connectivity index (χ0) is 29.5. The normalized spacial score (nSPS) is 21.8. The van der Waals surface area contributed by atoms with Gasteiger partial charge in [0.05, 0.1) is 39.6 Å². The molecule has 0 N–H and O–H groups in total. The minimum Gasteiger partial charge on any atom is -0.374 e. The first-order valence-corrected chi connectivity index (χ1v) is 14.8. The maximum Gasteiger partial charge on any atom is 0.187 e. The summed E-state index contributed by atoms with van der Waals surface area (Å²) in [6.07, 6.45) is -1.07. The van der Waals surface area contributed by atoms with E-state index in [1.54, 1.807) is 6.08 Å². The molecule has 1 saturated heterocycles. The second-order valence-corrected chi connectivity index (χ2v) is 10.4. The molecule has 6 heteroatoms. The Balaban J connectivity index is 1.41. The number of ether oxygens (including phenoxy) is 6. The quantitative estimate of drug-likeness (QED) is 0.135. The molecule has 1 aliphatic rings. The smallest absolute Gasteiger partial charge is 0.187 e. The van der Waals surface area contributed by atoms with Gasteiger partial charge in [-0.1, -0.05) is 127 Å². The van der Waals surface area contributed by atoms with Gasteiger partial charge in [0, 0.05) is 0 Å². The van der Waals surface area contributed by atoms with Gasteiger partial charge in [0.2, 0.25) is 0 Å². The fourth-order valence-electron chi connectivity index (χ4n) is 5.04. The Morgan fingerprint density at radius 2 is 0.930 bits per heavy atom. The van der Waals surface area contributed by atoms with Gasteiger partial charge in [0.25, 0.3) is 0 Å². The summed E-state index contributed by atoms with van der Waals surface area (Å²) >= 11 is 0. The van der Waals surface area contributed by atoms with E-state index >= 15 is 0 Å². The van der Waals surface area contributed by atoms with Gasteiger partial charge in [0.15, 0.2) is 6.29 Å². The van der Waals surface area contributed by atoms with Crippen LogP contribution in [0.2, 0.25) is 0 Å². The van der Waals surface area contributed by atoms with Crippen molar-refractivity contribution < 1.29 is 28.4 Å². The SMILES string of the molecule is C=CCO[C@@H]1OC(COCc2ccccc2)[C@@H](OCc2ccccc2)C(OCc2ccccc2)C1OCc1ccccc1. The van der Waals surface area contributed by atoms with E-state index < -0.39 is 30.7 Å². The molecule has 1 heterocycles. The average molecular weight is 581 g/mol. The topological polar surface area (TPSA) is 55.4 Å². The molecule has 3 unspecified atom stereocenters. The molecule has 6 nitrogen and oxygen atoms in total. The summed E-state index contributed by atoms with van der Waals surface area (Å²) in [7, 11) is 0. The first-order valence-electron chi connectivity index (χ1n) is 14.8. The van der Waals surface area contributed by atoms with Crippen LogP contribution >= 0.6 is 0 Å². The third-order valence-corrected chi connectivity index (χ3v) is 7.22. The molecular formula is C37H40O6. The molecule has 1 aliphatic heterocycles. The van der Waals surface area contributed by atoms with Gasteiger partial charge < -0.3 is 28.4 Å². The second-order valence-electron chi connectivity index (χ2n) is 10.4. The summed E-state index contributed by atoms with van der Waals surface area (Å²) < 4.78 is 38.8. The molecule has 5 rings (SSSR count). The van der Waals surface area contributed by atoms with Gasteiger partial charge in [-0.2, -0.15) is 0 Å². The third kappa shape index (κ3) is 9.43. The van der Waals surface area contributed by atoms with Crippen molar-refractivity contribution in [2.24, 2.45) is 0 Å². The minimum atomic E-state index is -0.718. The van der Waals surface area contributed by atoms with Crippen LogP contribution in [-0.4, -0.2) is 43.9 Å². The molecule has 0 bridgehead atoms. The first-order chi connectivity index (χ1) is 21.3. The van der Waals surface area contributed by atoms with E-state index in [1.807, 2.05) is 121 Å². The Hall–Kier alpha value is -3.62. The lowest BCUT2D eigenvalue weighted by Crippen LogP contribution is -2.61. The lowest BCUT2D eigenvalue weighted by molar-refractivity contribution is -0.326. The number of hydrogen-bond acceptors (Lipinski definition) is 6. The lowest BCUT2D eigenvalue weighted by Gasteiger charge is -2.45. The Morgan fingerprint density at radius 1 is 0.512 bits per heavy atom. The van der Waals surface area contributed by atoms with E-state index in [4.69, 9.17) is 28.4 Å². The van der Waals surface area contributed by atoms with E-state index in [2.05, 4.69) is 6.58 Å². The van der Waals surface area contributed by atoms with E-state index in [9.17, 15) is 0 Å². The van der Waals surface area contributed by atoms with Crippen molar-refractivity contribution in [3.63, 3.8) is 0 Å². The number of benzene rings is 4. The van der Waals surface area contributed by atoms with E-state index in [1.165, 1.54) is 0 Å². The van der Waals surface area contributed by atoms with Crippen LogP contribution in [0.1, 0.15) is 22.3 Å². The van der Waals surface area contributed by atoms with Gasteiger partial charge in [-0.25, -0.2) is 0 Å². The maximum absolute atomic E-state index is 6.68. The van der Waals surface area contributed by atoms with Crippen LogP contribution < -0.4 is 0 Å².